The first kappa shape index (κ1) is 16.3. The summed E-state index contributed by atoms with van der Waals surface area (Å²) in [7, 11) is 0. The van der Waals surface area contributed by atoms with Crippen LogP contribution in [0.4, 0.5) is 17.1 Å². The number of nitrogens with one attached hydrogen (secondary N) is 2. The Morgan fingerprint density at radius 1 is 1.00 bits per heavy atom. The molecule has 0 aliphatic rings. The van der Waals surface area contributed by atoms with Crippen molar-refractivity contribution in [2.75, 3.05) is 16.4 Å². The lowest BCUT2D eigenvalue weighted by molar-refractivity contribution is 0.411. The SMILES string of the molecule is CC(C)(C)Cc1ccc(NC(=S)Nc2ccccc2N)cc1. The molecule has 0 aromatic heterocycles. The van der Waals surface area contributed by atoms with Crippen LogP contribution in [0.5, 0.6) is 0 Å². The molecule has 0 spiro atoms. The zero-order valence-corrected chi connectivity index (χ0v) is 14.1. The van der Waals surface area contributed by atoms with Crippen LogP contribution in [0.15, 0.2) is 48.5 Å². The summed E-state index contributed by atoms with van der Waals surface area (Å²) in [5.74, 6) is 0. The normalized spacial score (nSPS) is 11.0. The number of para-hydroxylation sites is 2. The first-order valence-electron chi connectivity index (χ1n) is 7.35. The number of hydrogen-bond acceptors (Lipinski definition) is 2. The summed E-state index contributed by atoms with van der Waals surface area (Å²) in [6, 6.07) is 15.9. The number of anilines is 3. The number of rotatable bonds is 3. The molecule has 0 aliphatic heterocycles. The quantitative estimate of drug-likeness (QED) is 0.569. The molecule has 0 saturated carbocycles. The molecule has 4 heteroatoms. The predicted molar refractivity (Wildman–Crippen MR) is 100 cm³/mol. The molecule has 3 nitrogen and oxygen atoms in total. The Morgan fingerprint density at radius 2 is 1.64 bits per heavy atom. The van der Waals surface area contributed by atoms with Gasteiger partial charge in [0, 0.05) is 5.69 Å². The number of nitrogens with two attached hydrogens (primary N) is 1. The molecule has 116 valence electrons. The minimum atomic E-state index is 0.288. The molecule has 0 fully saturated rings. The van der Waals surface area contributed by atoms with Gasteiger partial charge < -0.3 is 16.4 Å². The van der Waals surface area contributed by atoms with Crippen LogP contribution >= 0.6 is 12.2 Å². The van der Waals surface area contributed by atoms with Crippen molar-refractivity contribution in [1.82, 2.24) is 0 Å². The molecule has 0 bridgehead atoms. The van der Waals surface area contributed by atoms with Gasteiger partial charge in [0.2, 0.25) is 0 Å². The van der Waals surface area contributed by atoms with Gasteiger partial charge in [-0.3, -0.25) is 0 Å². The van der Waals surface area contributed by atoms with E-state index in [2.05, 4.69) is 43.5 Å². The minimum Gasteiger partial charge on any atom is -0.397 e. The molecule has 0 aliphatic carbocycles. The van der Waals surface area contributed by atoms with Crippen molar-refractivity contribution in [2.24, 2.45) is 5.41 Å². The zero-order valence-electron chi connectivity index (χ0n) is 13.3. The summed E-state index contributed by atoms with van der Waals surface area (Å²) >= 11 is 5.32. The Bertz CT molecular complexity index is 642. The highest BCUT2D eigenvalue weighted by molar-refractivity contribution is 7.80. The molecule has 4 N–H and O–H groups in total. The number of thiocarbonyl (C=S) groups is 1. The van der Waals surface area contributed by atoms with E-state index < -0.39 is 0 Å². The Morgan fingerprint density at radius 3 is 2.23 bits per heavy atom. The van der Waals surface area contributed by atoms with Gasteiger partial charge >= 0.3 is 0 Å². The number of benzene rings is 2. The second-order valence-electron chi connectivity index (χ2n) is 6.60. The van der Waals surface area contributed by atoms with Gasteiger partial charge in [-0.05, 0) is 53.9 Å². The monoisotopic (exact) mass is 313 g/mol. The average Bonchev–Trinajstić information content (AvgIpc) is 2.42. The lowest BCUT2D eigenvalue weighted by Crippen LogP contribution is -2.19. The molecule has 2 aromatic rings. The van der Waals surface area contributed by atoms with Crippen LogP contribution in [0.25, 0.3) is 0 Å². The van der Waals surface area contributed by atoms with Gasteiger partial charge in [0.05, 0.1) is 11.4 Å². The fourth-order valence-corrected chi connectivity index (χ4v) is 2.44. The average molecular weight is 313 g/mol. The van der Waals surface area contributed by atoms with Crippen molar-refractivity contribution >= 4 is 34.4 Å². The lowest BCUT2D eigenvalue weighted by Gasteiger charge is -2.18. The van der Waals surface area contributed by atoms with E-state index in [1.165, 1.54) is 5.56 Å². The Balaban J connectivity index is 1.96. The Hall–Kier alpha value is -2.07. The maximum atomic E-state index is 5.89. The molecule has 0 radical (unpaired) electrons. The molecule has 0 atom stereocenters. The number of hydrogen-bond donors (Lipinski definition) is 3. The second-order valence-corrected chi connectivity index (χ2v) is 7.01. The van der Waals surface area contributed by atoms with Gasteiger partial charge in [-0.25, -0.2) is 0 Å². The molecule has 0 heterocycles. The molecule has 22 heavy (non-hydrogen) atoms. The number of nitrogen functional groups attached to an aromatic ring is 1. The van der Waals surface area contributed by atoms with Crippen LogP contribution in [-0.2, 0) is 6.42 Å². The molecule has 2 aromatic carbocycles. The van der Waals surface area contributed by atoms with Crippen LogP contribution in [0.1, 0.15) is 26.3 Å². The lowest BCUT2D eigenvalue weighted by atomic mass is 9.88. The van der Waals surface area contributed by atoms with Crippen molar-refractivity contribution < 1.29 is 0 Å². The van der Waals surface area contributed by atoms with Crippen LogP contribution in [0.3, 0.4) is 0 Å². The fourth-order valence-electron chi connectivity index (χ4n) is 2.21. The van der Waals surface area contributed by atoms with E-state index in [1.54, 1.807) is 0 Å². The fraction of sp³-hybridized carbons (Fsp3) is 0.278. The first-order chi connectivity index (χ1) is 10.3. The third-order valence-electron chi connectivity index (χ3n) is 3.16. The second kappa shape index (κ2) is 6.79. The Labute approximate surface area is 137 Å². The highest BCUT2D eigenvalue weighted by Crippen LogP contribution is 2.22. The van der Waals surface area contributed by atoms with Crippen molar-refractivity contribution in [3.8, 4) is 0 Å². The third-order valence-corrected chi connectivity index (χ3v) is 3.36. The highest BCUT2D eigenvalue weighted by atomic mass is 32.1. The van der Waals surface area contributed by atoms with E-state index in [4.69, 9.17) is 18.0 Å². The van der Waals surface area contributed by atoms with Crippen molar-refractivity contribution in [1.29, 1.82) is 0 Å². The summed E-state index contributed by atoms with van der Waals surface area (Å²) in [5, 5.41) is 6.81. The molecule has 0 saturated heterocycles. The standard InChI is InChI=1S/C18H23N3S/c1-18(2,3)12-13-8-10-14(11-9-13)20-17(22)21-16-7-5-4-6-15(16)19/h4-11H,12,19H2,1-3H3,(H2,20,21,22). The van der Waals surface area contributed by atoms with E-state index in [9.17, 15) is 0 Å². The summed E-state index contributed by atoms with van der Waals surface area (Å²) in [6.45, 7) is 6.72. The molecular weight excluding hydrogens is 290 g/mol. The van der Waals surface area contributed by atoms with Gasteiger partial charge in [-0.15, -0.1) is 0 Å². The van der Waals surface area contributed by atoms with Crippen LogP contribution in [0.2, 0.25) is 0 Å². The molecule has 0 amide bonds. The molecule has 2 rings (SSSR count). The summed E-state index contributed by atoms with van der Waals surface area (Å²) in [5.41, 5.74) is 9.95. The maximum absolute atomic E-state index is 5.89. The summed E-state index contributed by atoms with van der Waals surface area (Å²) in [6.07, 6.45) is 1.05. The summed E-state index contributed by atoms with van der Waals surface area (Å²) < 4.78 is 0. The largest absolute Gasteiger partial charge is 0.397 e. The van der Waals surface area contributed by atoms with Crippen molar-refractivity contribution in [3.05, 3.63) is 54.1 Å². The van der Waals surface area contributed by atoms with E-state index in [0.717, 1.165) is 17.8 Å². The maximum Gasteiger partial charge on any atom is 0.175 e. The van der Waals surface area contributed by atoms with E-state index in [0.29, 0.717) is 10.8 Å². The summed E-state index contributed by atoms with van der Waals surface area (Å²) in [4.78, 5) is 0. The van der Waals surface area contributed by atoms with Crippen molar-refractivity contribution in [2.45, 2.75) is 27.2 Å². The smallest absolute Gasteiger partial charge is 0.175 e. The van der Waals surface area contributed by atoms with Crippen LogP contribution < -0.4 is 16.4 Å². The topological polar surface area (TPSA) is 50.1 Å². The van der Waals surface area contributed by atoms with Gasteiger partial charge in [-0.1, -0.05) is 45.0 Å². The Kier molecular flexibility index (Phi) is 5.03. The van der Waals surface area contributed by atoms with Crippen molar-refractivity contribution in [3.63, 3.8) is 0 Å². The predicted octanol–water partition coefficient (Wildman–Crippen LogP) is 4.67. The van der Waals surface area contributed by atoms with Gasteiger partial charge in [0.25, 0.3) is 0 Å². The van der Waals surface area contributed by atoms with E-state index in [1.807, 2.05) is 36.4 Å². The highest BCUT2D eigenvalue weighted by Gasteiger charge is 2.11. The minimum absolute atomic E-state index is 0.288. The van der Waals surface area contributed by atoms with Crippen LogP contribution in [-0.4, -0.2) is 5.11 Å². The van der Waals surface area contributed by atoms with E-state index >= 15 is 0 Å². The van der Waals surface area contributed by atoms with Gasteiger partial charge in [0.15, 0.2) is 5.11 Å². The molecular formula is C18H23N3S. The van der Waals surface area contributed by atoms with Gasteiger partial charge in [-0.2, -0.15) is 0 Å². The van der Waals surface area contributed by atoms with Crippen LogP contribution in [0, 0.1) is 5.41 Å². The third kappa shape index (κ3) is 5.04. The molecule has 0 unspecified atom stereocenters. The zero-order chi connectivity index (χ0) is 16.2. The first-order valence-corrected chi connectivity index (χ1v) is 7.76. The van der Waals surface area contributed by atoms with E-state index in [-0.39, 0.29) is 5.41 Å². The van der Waals surface area contributed by atoms with Gasteiger partial charge in [0.1, 0.15) is 0 Å².